The summed E-state index contributed by atoms with van der Waals surface area (Å²) in [6, 6.07) is 7.03. The van der Waals surface area contributed by atoms with Crippen LogP contribution < -0.4 is 5.32 Å². The van der Waals surface area contributed by atoms with Gasteiger partial charge in [0.15, 0.2) is 6.61 Å². The molecule has 0 saturated carbocycles. The summed E-state index contributed by atoms with van der Waals surface area (Å²) in [5.74, 6) is -1.37. The molecule has 2 rings (SSSR count). The van der Waals surface area contributed by atoms with Crippen molar-refractivity contribution in [2.24, 2.45) is 0 Å². The second-order valence-corrected chi connectivity index (χ2v) is 5.55. The van der Waals surface area contributed by atoms with Crippen LogP contribution >= 0.6 is 11.8 Å². The molecule has 1 heterocycles. The van der Waals surface area contributed by atoms with Crippen LogP contribution in [-0.4, -0.2) is 29.7 Å². The molecule has 0 radical (unpaired) electrons. The summed E-state index contributed by atoms with van der Waals surface area (Å²) < 4.78 is 42.3. The van der Waals surface area contributed by atoms with Crippen molar-refractivity contribution in [3.63, 3.8) is 0 Å². The Bertz CT molecular complexity index is 764. The Morgan fingerprint density at radius 3 is 2.48 bits per heavy atom. The van der Waals surface area contributed by atoms with Gasteiger partial charge in [-0.15, -0.1) is 11.8 Å². The van der Waals surface area contributed by atoms with Gasteiger partial charge >= 0.3 is 12.1 Å². The van der Waals surface area contributed by atoms with Gasteiger partial charge in [0.1, 0.15) is 5.03 Å². The average molecular weight is 370 g/mol. The highest BCUT2D eigenvalue weighted by atomic mass is 32.2. The van der Waals surface area contributed by atoms with Crippen molar-refractivity contribution in [1.29, 1.82) is 0 Å². The van der Waals surface area contributed by atoms with Gasteiger partial charge < -0.3 is 10.1 Å². The van der Waals surface area contributed by atoms with E-state index >= 15 is 0 Å². The molecule has 0 aliphatic rings. The van der Waals surface area contributed by atoms with Crippen LogP contribution in [0, 0.1) is 0 Å². The fraction of sp³-hybridized carbons (Fsp3) is 0.188. The summed E-state index contributed by atoms with van der Waals surface area (Å²) in [6.07, 6.45) is -1.17. The van der Waals surface area contributed by atoms with Gasteiger partial charge in [-0.05, 0) is 42.7 Å². The molecule has 5 nitrogen and oxygen atoms in total. The van der Waals surface area contributed by atoms with E-state index in [9.17, 15) is 22.8 Å². The van der Waals surface area contributed by atoms with E-state index in [2.05, 4.69) is 10.3 Å². The lowest BCUT2D eigenvalue weighted by Crippen LogP contribution is -2.21. The first kappa shape index (κ1) is 18.8. The third-order valence-electron chi connectivity index (χ3n) is 3.01. The van der Waals surface area contributed by atoms with Gasteiger partial charge in [-0.3, -0.25) is 4.79 Å². The molecular weight excluding hydrogens is 357 g/mol. The molecule has 1 aromatic heterocycles. The largest absolute Gasteiger partial charge is 0.452 e. The lowest BCUT2D eigenvalue weighted by Gasteiger charge is -2.09. The minimum Gasteiger partial charge on any atom is -0.452 e. The summed E-state index contributed by atoms with van der Waals surface area (Å²) in [5.41, 5.74) is -0.421. The number of aromatic nitrogens is 1. The maximum atomic E-state index is 12.5. The third-order valence-corrected chi connectivity index (χ3v) is 3.73. The van der Waals surface area contributed by atoms with Crippen molar-refractivity contribution < 1.29 is 27.5 Å². The van der Waals surface area contributed by atoms with E-state index in [4.69, 9.17) is 4.74 Å². The number of hydrogen-bond donors (Lipinski definition) is 1. The van der Waals surface area contributed by atoms with Crippen LogP contribution in [0.2, 0.25) is 0 Å². The fourth-order valence-corrected chi connectivity index (χ4v) is 2.39. The third kappa shape index (κ3) is 5.21. The van der Waals surface area contributed by atoms with Crippen LogP contribution in [0.5, 0.6) is 0 Å². The number of thioether (sulfide) groups is 1. The van der Waals surface area contributed by atoms with Crippen LogP contribution in [0.15, 0.2) is 47.6 Å². The minimum absolute atomic E-state index is 0.167. The van der Waals surface area contributed by atoms with Crippen LogP contribution in [0.4, 0.5) is 18.9 Å². The van der Waals surface area contributed by atoms with E-state index in [1.54, 1.807) is 12.3 Å². The molecule has 0 fully saturated rings. The predicted molar refractivity (Wildman–Crippen MR) is 86.4 cm³/mol. The van der Waals surface area contributed by atoms with Gasteiger partial charge in [-0.1, -0.05) is 0 Å². The molecule has 0 atom stereocenters. The number of ether oxygens (including phenoxy) is 1. The molecular formula is C16H13F3N2O3S. The van der Waals surface area contributed by atoms with Gasteiger partial charge in [0.05, 0.1) is 11.1 Å². The summed E-state index contributed by atoms with van der Waals surface area (Å²) in [6.45, 7) is -0.567. The molecule has 0 aliphatic heterocycles. The topological polar surface area (TPSA) is 68.3 Å². The predicted octanol–water partition coefficient (Wildman–Crippen LogP) is 3.62. The number of carbonyl (C=O) groups excluding carboxylic acids is 2. The van der Waals surface area contributed by atoms with Crippen molar-refractivity contribution >= 4 is 29.3 Å². The lowest BCUT2D eigenvalue weighted by molar-refractivity contribution is -0.137. The van der Waals surface area contributed by atoms with E-state index in [0.29, 0.717) is 5.03 Å². The second kappa shape index (κ2) is 8.02. The number of amides is 1. The zero-order valence-corrected chi connectivity index (χ0v) is 13.8. The molecule has 0 bridgehead atoms. The molecule has 0 saturated heterocycles. The van der Waals surface area contributed by atoms with Crippen molar-refractivity contribution in [3.8, 4) is 0 Å². The van der Waals surface area contributed by atoms with Gasteiger partial charge in [0.25, 0.3) is 5.91 Å². The summed E-state index contributed by atoms with van der Waals surface area (Å²) >= 11 is 1.26. The first-order valence-corrected chi connectivity index (χ1v) is 8.17. The maximum Gasteiger partial charge on any atom is 0.416 e. The van der Waals surface area contributed by atoms with Crippen molar-refractivity contribution in [2.75, 3.05) is 18.2 Å². The Morgan fingerprint density at radius 2 is 1.88 bits per heavy atom. The van der Waals surface area contributed by atoms with Crippen LogP contribution in [0.3, 0.4) is 0 Å². The molecule has 0 spiro atoms. The van der Waals surface area contributed by atoms with Crippen LogP contribution in [-0.2, 0) is 15.7 Å². The number of anilines is 1. The van der Waals surface area contributed by atoms with Crippen LogP contribution in [0.1, 0.15) is 15.9 Å². The molecule has 0 unspecified atom stereocenters. The number of rotatable bonds is 5. The molecule has 25 heavy (non-hydrogen) atoms. The lowest BCUT2D eigenvalue weighted by atomic mass is 10.2. The average Bonchev–Trinajstić information content (AvgIpc) is 2.59. The number of pyridine rings is 1. The molecule has 1 aromatic carbocycles. The number of halogens is 3. The zero-order valence-electron chi connectivity index (χ0n) is 13.0. The SMILES string of the molecule is CSc1ncccc1C(=O)OCC(=O)Nc1ccc(C(F)(F)F)cc1. The van der Waals surface area contributed by atoms with Gasteiger partial charge in [0, 0.05) is 11.9 Å². The number of benzene rings is 1. The highest BCUT2D eigenvalue weighted by Crippen LogP contribution is 2.29. The number of nitrogens with zero attached hydrogens (tertiary/aromatic N) is 1. The molecule has 132 valence electrons. The van der Waals surface area contributed by atoms with Crippen molar-refractivity contribution in [2.45, 2.75) is 11.2 Å². The number of esters is 1. The van der Waals surface area contributed by atoms with Crippen LogP contribution in [0.25, 0.3) is 0 Å². The quantitative estimate of drug-likeness (QED) is 0.643. The fourth-order valence-electron chi connectivity index (χ4n) is 1.86. The van der Waals surface area contributed by atoms with Crippen molar-refractivity contribution in [3.05, 3.63) is 53.7 Å². The smallest absolute Gasteiger partial charge is 0.416 e. The molecule has 9 heteroatoms. The monoisotopic (exact) mass is 370 g/mol. The van der Waals surface area contributed by atoms with Crippen molar-refractivity contribution in [1.82, 2.24) is 4.98 Å². The van der Waals surface area contributed by atoms with Gasteiger partial charge in [-0.25, -0.2) is 9.78 Å². The van der Waals surface area contributed by atoms with E-state index in [-0.39, 0.29) is 11.3 Å². The standard InChI is InChI=1S/C16H13F3N2O3S/c1-25-14-12(3-2-8-20-14)15(23)24-9-13(22)21-11-6-4-10(5-7-11)16(17,18)19/h2-8H,9H2,1H3,(H,21,22). The summed E-state index contributed by atoms with van der Waals surface area (Å²) in [4.78, 5) is 27.7. The Kier molecular flexibility index (Phi) is 6.02. The number of nitrogens with one attached hydrogen (secondary N) is 1. The van der Waals surface area contributed by atoms with E-state index < -0.39 is 30.2 Å². The second-order valence-electron chi connectivity index (χ2n) is 4.76. The Morgan fingerprint density at radius 1 is 1.20 bits per heavy atom. The first-order chi connectivity index (χ1) is 11.8. The highest BCUT2D eigenvalue weighted by Gasteiger charge is 2.30. The molecule has 2 aromatic rings. The van der Waals surface area contributed by atoms with Gasteiger partial charge in [-0.2, -0.15) is 13.2 Å². The molecule has 0 aliphatic carbocycles. The van der Waals surface area contributed by atoms with Gasteiger partial charge in [0.2, 0.25) is 0 Å². The Labute approximate surface area is 145 Å². The van der Waals surface area contributed by atoms with E-state index in [1.807, 2.05) is 0 Å². The molecule has 1 amide bonds. The van der Waals surface area contributed by atoms with E-state index in [0.717, 1.165) is 24.3 Å². The number of alkyl halides is 3. The Balaban J connectivity index is 1.91. The maximum absolute atomic E-state index is 12.5. The Hall–Kier alpha value is -2.55. The zero-order chi connectivity index (χ0) is 18.4. The minimum atomic E-state index is -4.45. The molecule has 1 N–H and O–H groups in total. The first-order valence-electron chi connectivity index (χ1n) is 6.94. The highest BCUT2D eigenvalue weighted by molar-refractivity contribution is 7.98. The number of hydrogen-bond acceptors (Lipinski definition) is 5. The summed E-state index contributed by atoms with van der Waals surface area (Å²) in [7, 11) is 0. The number of carbonyl (C=O) groups is 2. The normalized spacial score (nSPS) is 11.0. The summed E-state index contributed by atoms with van der Waals surface area (Å²) in [5, 5.41) is 2.82. The van der Waals surface area contributed by atoms with E-state index in [1.165, 1.54) is 24.0 Å².